The van der Waals surface area contributed by atoms with E-state index in [2.05, 4.69) is 59.2 Å². The molecule has 0 spiro atoms. The van der Waals surface area contributed by atoms with Crippen LogP contribution in [0.1, 0.15) is 4.88 Å². The van der Waals surface area contributed by atoms with Gasteiger partial charge in [-0.1, -0.05) is 0 Å². The van der Waals surface area contributed by atoms with E-state index in [-0.39, 0.29) is 0 Å². The third-order valence-corrected chi connectivity index (χ3v) is 6.69. The summed E-state index contributed by atoms with van der Waals surface area (Å²) >= 11 is 12.3. The lowest BCUT2D eigenvalue weighted by Gasteiger charge is -2.20. The zero-order valence-corrected chi connectivity index (χ0v) is 15.8. The van der Waals surface area contributed by atoms with Crippen LogP contribution in [-0.2, 0) is 6.54 Å². The van der Waals surface area contributed by atoms with Gasteiger partial charge in [-0.05, 0) is 53.9 Å². The Kier molecular flexibility index (Phi) is 4.59. The lowest BCUT2D eigenvalue weighted by atomic mass is 10.2. The van der Waals surface area contributed by atoms with E-state index in [1.165, 1.54) is 4.88 Å². The van der Waals surface area contributed by atoms with E-state index in [4.69, 9.17) is 9.47 Å². The highest BCUT2D eigenvalue weighted by atomic mass is 79.9. The molecule has 0 fully saturated rings. The van der Waals surface area contributed by atoms with Crippen molar-refractivity contribution in [3.05, 3.63) is 35.8 Å². The molecule has 20 heavy (non-hydrogen) atoms. The van der Waals surface area contributed by atoms with Gasteiger partial charge >= 0.3 is 0 Å². The van der Waals surface area contributed by atoms with Gasteiger partial charge in [-0.3, -0.25) is 0 Å². The van der Waals surface area contributed by atoms with E-state index in [9.17, 15) is 0 Å². The number of fused-ring (bicyclic) bond motifs is 1. The van der Waals surface area contributed by atoms with Gasteiger partial charge in [-0.15, -0.1) is 11.3 Å². The molecule has 3 rings (SSSR count). The molecule has 3 nitrogen and oxygen atoms in total. The molecule has 7 heteroatoms. The summed E-state index contributed by atoms with van der Waals surface area (Å²) in [5.41, 5.74) is 0.995. The Morgan fingerprint density at radius 2 is 1.70 bits per heavy atom. The first-order valence-corrected chi connectivity index (χ1v) is 9.10. The van der Waals surface area contributed by atoms with E-state index < -0.39 is 0 Å². The molecule has 0 saturated heterocycles. The Balaban J connectivity index is 1.77. The van der Waals surface area contributed by atoms with E-state index >= 15 is 0 Å². The van der Waals surface area contributed by atoms with Crippen LogP contribution in [0.3, 0.4) is 0 Å². The van der Waals surface area contributed by atoms with Crippen LogP contribution in [0.2, 0.25) is 0 Å². The molecule has 1 aromatic carbocycles. The summed E-state index contributed by atoms with van der Waals surface area (Å²) in [7, 11) is 0. The predicted molar refractivity (Wildman–Crippen MR) is 92.2 cm³/mol. The second kappa shape index (κ2) is 6.25. The number of nitrogens with one attached hydrogen (secondary N) is 1. The molecular weight excluding hydrogens is 474 g/mol. The molecule has 2 heterocycles. The van der Waals surface area contributed by atoms with Crippen molar-refractivity contribution < 1.29 is 9.47 Å². The zero-order valence-electron chi connectivity index (χ0n) is 10.2. The van der Waals surface area contributed by atoms with Crippen molar-refractivity contribution in [2.45, 2.75) is 6.54 Å². The fourth-order valence-corrected chi connectivity index (χ4v) is 4.44. The molecule has 1 N–H and O–H groups in total. The minimum Gasteiger partial charge on any atom is -0.486 e. The molecule has 0 radical (unpaired) electrons. The molecule has 106 valence electrons. The summed E-state index contributed by atoms with van der Waals surface area (Å²) < 4.78 is 14.3. The molecule has 0 atom stereocenters. The highest BCUT2D eigenvalue weighted by molar-refractivity contribution is 9.13. The zero-order chi connectivity index (χ0) is 14.1. The number of hydrogen-bond donors (Lipinski definition) is 1. The molecule has 0 unspecified atom stereocenters. The minimum absolute atomic E-state index is 0.596. The second-order valence-electron chi connectivity index (χ2n) is 4.16. The Bertz CT molecular complexity index is 625. The second-order valence-corrected chi connectivity index (χ2v) is 8.33. The van der Waals surface area contributed by atoms with Crippen molar-refractivity contribution in [3.63, 3.8) is 0 Å². The third-order valence-electron chi connectivity index (χ3n) is 2.78. The summed E-state index contributed by atoms with van der Waals surface area (Å²) in [6.07, 6.45) is 0. The van der Waals surface area contributed by atoms with Crippen LogP contribution in [-0.4, -0.2) is 13.2 Å². The Labute approximate surface area is 146 Å². The number of anilines is 1. The number of ether oxygens (including phenoxy) is 2. The van der Waals surface area contributed by atoms with Crippen LogP contribution < -0.4 is 14.8 Å². The number of halogens is 3. The highest BCUT2D eigenvalue weighted by Gasteiger charge is 2.15. The number of benzene rings is 1. The van der Waals surface area contributed by atoms with Gasteiger partial charge in [0, 0.05) is 32.5 Å². The Morgan fingerprint density at radius 3 is 2.35 bits per heavy atom. The molecule has 1 aromatic heterocycles. The van der Waals surface area contributed by atoms with Gasteiger partial charge in [0.15, 0.2) is 11.5 Å². The fraction of sp³-hybridized carbons (Fsp3) is 0.231. The molecule has 2 aromatic rings. The maximum atomic E-state index is 5.60. The fourth-order valence-electron chi connectivity index (χ4n) is 1.86. The van der Waals surface area contributed by atoms with Crippen LogP contribution in [0.4, 0.5) is 5.69 Å². The monoisotopic (exact) mass is 481 g/mol. The first kappa shape index (κ1) is 14.7. The first-order chi connectivity index (χ1) is 9.63. The highest BCUT2D eigenvalue weighted by Crippen LogP contribution is 2.39. The average Bonchev–Trinajstić information content (AvgIpc) is 2.75. The maximum Gasteiger partial charge on any atom is 0.163 e. The van der Waals surface area contributed by atoms with E-state index in [1.807, 2.05) is 12.1 Å². The summed E-state index contributed by atoms with van der Waals surface area (Å²) in [4.78, 5) is 1.24. The van der Waals surface area contributed by atoms with Crippen molar-refractivity contribution in [1.29, 1.82) is 0 Å². The normalized spacial score (nSPS) is 13.3. The summed E-state index contributed by atoms with van der Waals surface area (Å²) in [5.74, 6) is 1.57. The molecule has 0 amide bonds. The van der Waals surface area contributed by atoms with E-state index in [0.29, 0.717) is 13.2 Å². The lowest BCUT2D eigenvalue weighted by molar-refractivity contribution is 0.171. The lowest BCUT2D eigenvalue weighted by Crippen LogP contribution is -2.15. The van der Waals surface area contributed by atoms with Crippen LogP contribution in [0, 0.1) is 0 Å². The molecule has 1 aliphatic heterocycles. The predicted octanol–water partition coefficient (Wildman–Crippen LogP) is 5.42. The van der Waals surface area contributed by atoms with Crippen molar-refractivity contribution >= 4 is 64.8 Å². The van der Waals surface area contributed by atoms with Crippen molar-refractivity contribution in [2.24, 2.45) is 0 Å². The Morgan fingerprint density at radius 1 is 1.00 bits per heavy atom. The van der Waals surface area contributed by atoms with E-state index in [1.54, 1.807) is 11.3 Å². The number of thiophene rings is 1. The van der Waals surface area contributed by atoms with Crippen LogP contribution >= 0.6 is 59.1 Å². The summed E-state index contributed by atoms with van der Waals surface area (Å²) in [6.45, 7) is 1.95. The average molecular weight is 484 g/mol. The standard InChI is InChI=1S/C13H10Br3NO2S/c14-8-4-11-12(19-2-1-18-11)5-10(8)17-6-7-3-9(15)13(16)20-7/h3-5,17H,1-2,6H2. The molecular formula is C13H10Br3NO2S. The van der Waals surface area contributed by atoms with Crippen molar-refractivity contribution in [3.8, 4) is 11.5 Å². The number of hydrogen-bond acceptors (Lipinski definition) is 4. The van der Waals surface area contributed by atoms with Crippen molar-refractivity contribution in [2.75, 3.05) is 18.5 Å². The quantitative estimate of drug-likeness (QED) is 0.632. The largest absolute Gasteiger partial charge is 0.486 e. The summed E-state index contributed by atoms with van der Waals surface area (Å²) in [5, 5.41) is 3.41. The van der Waals surface area contributed by atoms with Gasteiger partial charge in [-0.25, -0.2) is 0 Å². The maximum absolute atomic E-state index is 5.60. The van der Waals surface area contributed by atoms with Gasteiger partial charge < -0.3 is 14.8 Å². The topological polar surface area (TPSA) is 30.5 Å². The molecule has 0 bridgehead atoms. The number of rotatable bonds is 3. The van der Waals surface area contributed by atoms with Gasteiger partial charge in [0.2, 0.25) is 0 Å². The van der Waals surface area contributed by atoms with Crippen LogP contribution in [0.5, 0.6) is 11.5 Å². The van der Waals surface area contributed by atoms with Gasteiger partial charge in [-0.2, -0.15) is 0 Å². The smallest absolute Gasteiger partial charge is 0.163 e. The molecule has 0 saturated carbocycles. The van der Waals surface area contributed by atoms with Gasteiger partial charge in [0.05, 0.1) is 9.47 Å². The van der Waals surface area contributed by atoms with Gasteiger partial charge in [0.1, 0.15) is 13.2 Å². The van der Waals surface area contributed by atoms with Crippen LogP contribution in [0.15, 0.2) is 30.9 Å². The van der Waals surface area contributed by atoms with E-state index in [0.717, 1.165) is 36.5 Å². The van der Waals surface area contributed by atoms with Crippen LogP contribution in [0.25, 0.3) is 0 Å². The molecule has 0 aliphatic carbocycles. The molecule has 1 aliphatic rings. The minimum atomic E-state index is 0.596. The first-order valence-electron chi connectivity index (χ1n) is 5.90. The summed E-state index contributed by atoms with van der Waals surface area (Å²) in [6, 6.07) is 6.01. The van der Waals surface area contributed by atoms with Gasteiger partial charge in [0.25, 0.3) is 0 Å². The third kappa shape index (κ3) is 3.16. The SMILES string of the molecule is Brc1cc2c(cc1NCc1cc(Br)c(Br)s1)OCCO2. The van der Waals surface area contributed by atoms with Crippen molar-refractivity contribution in [1.82, 2.24) is 0 Å². The Hall–Kier alpha value is -0.240.